The Labute approximate surface area is 124 Å². The number of nitrogens with two attached hydrogens (primary N) is 1. The second kappa shape index (κ2) is 9.11. The van der Waals surface area contributed by atoms with Crippen LogP contribution in [0.1, 0.15) is 31.9 Å². The molecular formula is C17H31N3. The first-order valence-corrected chi connectivity index (χ1v) is 7.72. The summed E-state index contributed by atoms with van der Waals surface area (Å²) in [5, 5.41) is 0. The Morgan fingerprint density at radius 3 is 2.30 bits per heavy atom. The van der Waals surface area contributed by atoms with Gasteiger partial charge in [-0.25, -0.2) is 0 Å². The van der Waals surface area contributed by atoms with E-state index in [9.17, 15) is 0 Å². The Bertz CT molecular complexity index is 351. The van der Waals surface area contributed by atoms with Crippen molar-refractivity contribution in [3.63, 3.8) is 0 Å². The Balaban J connectivity index is 2.44. The number of rotatable bonds is 9. The fourth-order valence-electron chi connectivity index (χ4n) is 2.51. The van der Waals surface area contributed by atoms with E-state index in [1.54, 1.807) is 0 Å². The fourth-order valence-corrected chi connectivity index (χ4v) is 2.51. The van der Waals surface area contributed by atoms with Crippen LogP contribution in [-0.2, 0) is 0 Å². The first-order chi connectivity index (χ1) is 9.54. The van der Waals surface area contributed by atoms with E-state index in [0.717, 1.165) is 26.2 Å². The Hall–Kier alpha value is -0.900. The van der Waals surface area contributed by atoms with Crippen molar-refractivity contribution in [3.05, 3.63) is 35.9 Å². The van der Waals surface area contributed by atoms with Crippen molar-refractivity contribution in [3.8, 4) is 0 Å². The molecule has 0 saturated heterocycles. The van der Waals surface area contributed by atoms with Crippen molar-refractivity contribution >= 4 is 0 Å². The van der Waals surface area contributed by atoms with Gasteiger partial charge < -0.3 is 15.5 Å². The van der Waals surface area contributed by atoms with Gasteiger partial charge in [0.1, 0.15) is 0 Å². The van der Waals surface area contributed by atoms with Gasteiger partial charge in [0.05, 0.1) is 0 Å². The van der Waals surface area contributed by atoms with Crippen LogP contribution in [-0.4, -0.2) is 50.1 Å². The zero-order valence-electron chi connectivity index (χ0n) is 13.5. The number of nitrogens with zero attached hydrogens (tertiary/aromatic N) is 2. The van der Waals surface area contributed by atoms with Gasteiger partial charge in [-0.1, -0.05) is 44.2 Å². The van der Waals surface area contributed by atoms with Crippen molar-refractivity contribution < 1.29 is 0 Å². The molecule has 0 bridgehead atoms. The van der Waals surface area contributed by atoms with E-state index in [-0.39, 0.29) is 6.04 Å². The molecule has 0 aliphatic carbocycles. The molecule has 0 aromatic heterocycles. The predicted octanol–water partition coefficient (Wildman–Crippen LogP) is 2.60. The van der Waals surface area contributed by atoms with E-state index < -0.39 is 0 Å². The van der Waals surface area contributed by atoms with Gasteiger partial charge in [-0.05, 0) is 51.6 Å². The lowest BCUT2D eigenvalue weighted by Crippen LogP contribution is -2.35. The zero-order valence-corrected chi connectivity index (χ0v) is 13.5. The Kier molecular flexibility index (Phi) is 7.82. The molecule has 114 valence electrons. The van der Waals surface area contributed by atoms with E-state index in [1.165, 1.54) is 12.0 Å². The molecule has 1 rings (SSSR count). The standard InChI is InChI=1S/C17H31N3/c1-5-20(13-9-12-19(3)4)14-15(2)17(18)16-10-7-6-8-11-16/h6-8,10-11,15,17H,5,9,12-14,18H2,1-4H3. The van der Waals surface area contributed by atoms with Gasteiger partial charge in [0.25, 0.3) is 0 Å². The highest BCUT2D eigenvalue weighted by Crippen LogP contribution is 2.19. The molecule has 2 atom stereocenters. The van der Waals surface area contributed by atoms with Gasteiger partial charge in [0.2, 0.25) is 0 Å². The maximum absolute atomic E-state index is 6.38. The minimum Gasteiger partial charge on any atom is -0.324 e. The molecule has 1 aromatic carbocycles. The van der Waals surface area contributed by atoms with Gasteiger partial charge in [0.15, 0.2) is 0 Å². The van der Waals surface area contributed by atoms with Crippen LogP contribution in [0.15, 0.2) is 30.3 Å². The summed E-state index contributed by atoms with van der Waals surface area (Å²) < 4.78 is 0. The van der Waals surface area contributed by atoms with Crippen LogP contribution in [0.4, 0.5) is 0 Å². The molecule has 0 aliphatic heterocycles. The highest BCUT2D eigenvalue weighted by atomic mass is 15.1. The third-order valence-electron chi connectivity index (χ3n) is 3.87. The van der Waals surface area contributed by atoms with E-state index in [1.807, 2.05) is 6.07 Å². The van der Waals surface area contributed by atoms with Crippen LogP contribution in [0.25, 0.3) is 0 Å². The molecule has 0 spiro atoms. The monoisotopic (exact) mass is 277 g/mol. The normalized spacial score (nSPS) is 14.8. The lowest BCUT2D eigenvalue weighted by atomic mass is 9.95. The van der Waals surface area contributed by atoms with Crippen LogP contribution >= 0.6 is 0 Å². The van der Waals surface area contributed by atoms with Crippen molar-refractivity contribution in [1.29, 1.82) is 0 Å². The van der Waals surface area contributed by atoms with E-state index >= 15 is 0 Å². The van der Waals surface area contributed by atoms with Gasteiger partial charge in [0, 0.05) is 12.6 Å². The van der Waals surface area contributed by atoms with Crippen molar-refractivity contribution in [2.75, 3.05) is 40.3 Å². The van der Waals surface area contributed by atoms with Crippen LogP contribution in [0.2, 0.25) is 0 Å². The summed E-state index contributed by atoms with van der Waals surface area (Å²) in [5.74, 6) is 0.469. The molecule has 3 heteroatoms. The summed E-state index contributed by atoms with van der Waals surface area (Å²) in [6.07, 6.45) is 1.22. The largest absolute Gasteiger partial charge is 0.324 e. The Morgan fingerprint density at radius 1 is 1.10 bits per heavy atom. The average Bonchev–Trinajstić information content (AvgIpc) is 2.45. The topological polar surface area (TPSA) is 32.5 Å². The molecule has 3 nitrogen and oxygen atoms in total. The first-order valence-electron chi connectivity index (χ1n) is 7.72. The summed E-state index contributed by atoms with van der Waals surface area (Å²) in [4.78, 5) is 4.75. The SMILES string of the molecule is CCN(CCCN(C)C)CC(C)C(N)c1ccccc1. The molecule has 0 saturated carbocycles. The predicted molar refractivity (Wildman–Crippen MR) is 87.8 cm³/mol. The highest BCUT2D eigenvalue weighted by Gasteiger charge is 2.17. The van der Waals surface area contributed by atoms with Gasteiger partial charge in [-0.3, -0.25) is 0 Å². The van der Waals surface area contributed by atoms with Crippen LogP contribution in [0, 0.1) is 5.92 Å². The number of hydrogen-bond donors (Lipinski definition) is 1. The van der Waals surface area contributed by atoms with Crippen LogP contribution < -0.4 is 5.73 Å². The number of benzene rings is 1. The number of hydrogen-bond acceptors (Lipinski definition) is 3. The summed E-state index contributed by atoms with van der Waals surface area (Å²) in [5.41, 5.74) is 7.62. The molecule has 0 heterocycles. The molecule has 2 unspecified atom stereocenters. The van der Waals surface area contributed by atoms with E-state index in [0.29, 0.717) is 5.92 Å². The molecule has 20 heavy (non-hydrogen) atoms. The maximum atomic E-state index is 6.38. The Morgan fingerprint density at radius 2 is 1.75 bits per heavy atom. The second-order valence-corrected chi connectivity index (χ2v) is 5.96. The quantitative estimate of drug-likeness (QED) is 0.753. The minimum atomic E-state index is 0.124. The van der Waals surface area contributed by atoms with Gasteiger partial charge >= 0.3 is 0 Å². The summed E-state index contributed by atoms with van der Waals surface area (Å²) in [6, 6.07) is 10.6. The second-order valence-electron chi connectivity index (χ2n) is 5.96. The molecule has 0 aliphatic rings. The molecule has 0 fully saturated rings. The average molecular weight is 277 g/mol. The van der Waals surface area contributed by atoms with E-state index in [4.69, 9.17) is 5.73 Å². The van der Waals surface area contributed by atoms with Crippen LogP contribution in [0.3, 0.4) is 0 Å². The van der Waals surface area contributed by atoms with Gasteiger partial charge in [-0.15, -0.1) is 0 Å². The van der Waals surface area contributed by atoms with E-state index in [2.05, 4.69) is 62.0 Å². The summed E-state index contributed by atoms with van der Waals surface area (Å²) >= 11 is 0. The van der Waals surface area contributed by atoms with Gasteiger partial charge in [-0.2, -0.15) is 0 Å². The summed E-state index contributed by atoms with van der Waals surface area (Å²) in [6.45, 7) is 8.96. The molecule has 0 amide bonds. The molecule has 2 N–H and O–H groups in total. The lowest BCUT2D eigenvalue weighted by Gasteiger charge is -2.28. The van der Waals surface area contributed by atoms with Crippen molar-refractivity contribution in [2.45, 2.75) is 26.3 Å². The maximum Gasteiger partial charge on any atom is 0.0333 e. The van der Waals surface area contributed by atoms with Crippen LogP contribution in [0.5, 0.6) is 0 Å². The third kappa shape index (κ3) is 6.04. The van der Waals surface area contributed by atoms with Crippen molar-refractivity contribution in [2.24, 2.45) is 11.7 Å². The zero-order chi connectivity index (χ0) is 15.0. The minimum absolute atomic E-state index is 0.124. The smallest absolute Gasteiger partial charge is 0.0333 e. The van der Waals surface area contributed by atoms with Crippen molar-refractivity contribution in [1.82, 2.24) is 9.80 Å². The third-order valence-corrected chi connectivity index (χ3v) is 3.87. The first kappa shape index (κ1) is 17.2. The highest BCUT2D eigenvalue weighted by molar-refractivity contribution is 5.19. The molecular weight excluding hydrogens is 246 g/mol. The molecule has 0 radical (unpaired) electrons. The fraction of sp³-hybridized carbons (Fsp3) is 0.647. The molecule has 1 aromatic rings. The summed E-state index contributed by atoms with van der Waals surface area (Å²) in [7, 11) is 4.26. The lowest BCUT2D eigenvalue weighted by molar-refractivity contribution is 0.221.